The smallest absolute Gasteiger partial charge is 0.233 e. The van der Waals surface area contributed by atoms with Gasteiger partial charge >= 0.3 is 0 Å². The van der Waals surface area contributed by atoms with Crippen LogP contribution in [0.4, 0.5) is 0 Å². The van der Waals surface area contributed by atoms with E-state index >= 15 is 0 Å². The second kappa shape index (κ2) is 7.65. The van der Waals surface area contributed by atoms with Crippen molar-refractivity contribution in [1.82, 2.24) is 4.90 Å². The average molecular weight is 434 g/mol. The predicted octanol–water partition coefficient (Wildman–Crippen LogP) is 3.77. The van der Waals surface area contributed by atoms with Gasteiger partial charge in [-0.1, -0.05) is 48.0 Å². The molecule has 1 amide bonds. The van der Waals surface area contributed by atoms with Crippen LogP contribution in [0.25, 0.3) is 0 Å². The highest BCUT2D eigenvalue weighted by atomic mass is 35.5. The number of nitrogens with zero attached hydrogens (tertiary/aromatic N) is 1. The lowest BCUT2D eigenvalue weighted by Crippen LogP contribution is -2.41. The molecule has 1 heterocycles. The molecule has 0 N–H and O–H groups in total. The van der Waals surface area contributed by atoms with Gasteiger partial charge in [0.25, 0.3) is 0 Å². The first kappa shape index (κ1) is 20.2. The summed E-state index contributed by atoms with van der Waals surface area (Å²) in [6.07, 6.45) is 1.85. The Kier molecular flexibility index (Phi) is 5.34. The molecule has 7 heteroatoms. The molecule has 2 aliphatic rings. The van der Waals surface area contributed by atoms with Gasteiger partial charge in [0.1, 0.15) is 5.75 Å². The molecule has 5 nitrogen and oxygen atoms in total. The van der Waals surface area contributed by atoms with Gasteiger partial charge in [0.2, 0.25) is 5.91 Å². The largest absolute Gasteiger partial charge is 0.496 e. The van der Waals surface area contributed by atoms with Crippen molar-refractivity contribution in [3.63, 3.8) is 0 Å². The lowest BCUT2D eigenvalue weighted by Gasteiger charge is -2.27. The van der Waals surface area contributed by atoms with Crippen molar-refractivity contribution in [2.75, 3.05) is 26.0 Å². The highest BCUT2D eigenvalue weighted by molar-refractivity contribution is 7.91. The van der Waals surface area contributed by atoms with Gasteiger partial charge in [-0.15, -0.1) is 0 Å². The molecule has 2 aromatic rings. The number of ether oxygens (including phenoxy) is 1. The Morgan fingerprint density at radius 1 is 1.10 bits per heavy atom. The number of halogens is 1. The van der Waals surface area contributed by atoms with Crippen molar-refractivity contribution in [2.45, 2.75) is 29.9 Å². The van der Waals surface area contributed by atoms with E-state index in [1.165, 1.54) is 0 Å². The zero-order valence-electron chi connectivity index (χ0n) is 16.3. The molecule has 1 aliphatic heterocycles. The summed E-state index contributed by atoms with van der Waals surface area (Å²) in [6, 6.07) is 14.6. The summed E-state index contributed by atoms with van der Waals surface area (Å²) in [6.45, 7) is 0.601. The van der Waals surface area contributed by atoms with Gasteiger partial charge < -0.3 is 9.64 Å². The van der Waals surface area contributed by atoms with Crippen molar-refractivity contribution in [1.29, 1.82) is 0 Å². The van der Waals surface area contributed by atoms with Crippen LogP contribution in [0.5, 0.6) is 5.75 Å². The van der Waals surface area contributed by atoms with Crippen LogP contribution in [0.2, 0.25) is 5.02 Å². The van der Waals surface area contributed by atoms with E-state index in [4.69, 9.17) is 16.3 Å². The van der Waals surface area contributed by atoms with Crippen LogP contribution < -0.4 is 4.74 Å². The van der Waals surface area contributed by atoms with Crippen LogP contribution in [0.1, 0.15) is 35.6 Å². The summed E-state index contributed by atoms with van der Waals surface area (Å²) in [5, 5.41) is -0.232. The van der Waals surface area contributed by atoms with Crippen molar-refractivity contribution < 1.29 is 17.9 Å². The van der Waals surface area contributed by atoms with E-state index in [2.05, 4.69) is 0 Å². The Hall–Kier alpha value is -2.05. The number of benzene rings is 2. The molecular weight excluding hydrogens is 410 g/mol. The fourth-order valence-corrected chi connectivity index (χ4v) is 6.45. The van der Waals surface area contributed by atoms with Crippen molar-refractivity contribution in [3.05, 3.63) is 64.7 Å². The molecule has 0 aromatic heterocycles. The third-order valence-electron chi connectivity index (χ3n) is 6.06. The third kappa shape index (κ3) is 3.64. The van der Waals surface area contributed by atoms with Crippen LogP contribution in [-0.2, 0) is 20.0 Å². The van der Waals surface area contributed by atoms with Gasteiger partial charge in [0.15, 0.2) is 9.84 Å². The number of hydrogen-bond acceptors (Lipinski definition) is 4. The monoisotopic (exact) mass is 433 g/mol. The number of sulfone groups is 1. The number of rotatable bonds is 4. The number of methoxy groups -OCH3 is 1. The SMILES string of the molecule is COc1ccccc1C1(C(=O)N2CCC(c3ccccc3Cl)S(=O)(=O)CC2)CC1. The first-order valence-electron chi connectivity index (χ1n) is 9.78. The minimum Gasteiger partial charge on any atom is -0.496 e. The first-order valence-corrected chi connectivity index (χ1v) is 11.9. The summed E-state index contributed by atoms with van der Waals surface area (Å²) in [5.74, 6) is 0.642. The van der Waals surface area contributed by atoms with Crippen LogP contribution in [0.15, 0.2) is 48.5 Å². The summed E-state index contributed by atoms with van der Waals surface area (Å²) in [7, 11) is -1.80. The predicted molar refractivity (Wildman–Crippen MR) is 113 cm³/mol. The minimum absolute atomic E-state index is 0.00277. The molecule has 1 saturated heterocycles. The molecule has 0 bridgehead atoms. The number of amides is 1. The number of carbonyl (C=O) groups is 1. The van der Waals surface area contributed by atoms with Crippen LogP contribution in [0.3, 0.4) is 0 Å². The van der Waals surface area contributed by atoms with E-state index in [9.17, 15) is 13.2 Å². The quantitative estimate of drug-likeness (QED) is 0.736. The van der Waals surface area contributed by atoms with Gasteiger partial charge in [-0.3, -0.25) is 4.79 Å². The number of carbonyl (C=O) groups excluding carboxylic acids is 1. The van der Waals surface area contributed by atoms with E-state index in [1.54, 1.807) is 36.3 Å². The second-order valence-corrected chi connectivity index (χ2v) is 10.5. The topological polar surface area (TPSA) is 63.7 Å². The zero-order valence-corrected chi connectivity index (χ0v) is 17.9. The van der Waals surface area contributed by atoms with E-state index in [0.717, 1.165) is 18.4 Å². The Labute approximate surface area is 176 Å². The highest BCUT2D eigenvalue weighted by Gasteiger charge is 2.54. The highest BCUT2D eigenvalue weighted by Crippen LogP contribution is 2.52. The van der Waals surface area contributed by atoms with Gasteiger partial charge in [-0.25, -0.2) is 8.42 Å². The fourth-order valence-electron chi connectivity index (χ4n) is 4.30. The molecule has 2 fully saturated rings. The molecule has 0 spiro atoms. The van der Waals surface area contributed by atoms with E-state index < -0.39 is 20.5 Å². The first-order chi connectivity index (χ1) is 13.9. The summed E-state index contributed by atoms with van der Waals surface area (Å²) in [4.78, 5) is 15.2. The minimum atomic E-state index is -3.41. The Morgan fingerprint density at radius 3 is 2.48 bits per heavy atom. The molecule has 2 aromatic carbocycles. The van der Waals surface area contributed by atoms with Crippen LogP contribution in [-0.4, -0.2) is 45.2 Å². The zero-order chi connectivity index (χ0) is 20.6. The third-order valence-corrected chi connectivity index (χ3v) is 8.51. The molecule has 4 rings (SSSR count). The molecule has 0 radical (unpaired) electrons. The molecule has 1 unspecified atom stereocenters. The lowest BCUT2D eigenvalue weighted by molar-refractivity contribution is -0.133. The van der Waals surface area contributed by atoms with Crippen molar-refractivity contribution >= 4 is 27.3 Å². The molecule has 1 atom stereocenters. The molecule has 1 saturated carbocycles. The maximum atomic E-state index is 13.5. The molecular formula is C22H24ClNO4S. The van der Waals surface area contributed by atoms with Gasteiger partial charge in [-0.2, -0.15) is 0 Å². The van der Waals surface area contributed by atoms with Gasteiger partial charge in [0, 0.05) is 23.7 Å². The summed E-state index contributed by atoms with van der Waals surface area (Å²) >= 11 is 6.27. The Morgan fingerprint density at radius 2 is 1.79 bits per heavy atom. The van der Waals surface area contributed by atoms with Crippen LogP contribution >= 0.6 is 11.6 Å². The fraction of sp³-hybridized carbons (Fsp3) is 0.409. The van der Waals surface area contributed by atoms with E-state index in [0.29, 0.717) is 29.3 Å². The van der Waals surface area contributed by atoms with Crippen molar-refractivity contribution in [2.24, 2.45) is 0 Å². The summed E-state index contributed by atoms with van der Waals surface area (Å²) < 4.78 is 31.4. The Bertz CT molecular complexity index is 1030. The molecule has 1 aliphatic carbocycles. The maximum Gasteiger partial charge on any atom is 0.233 e. The van der Waals surface area contributed by atoms with E-state index in [1.807, 2.05) is 24.3 Å². The van der Waals surface area contributed by atoms with Gasteiger partial charge in [-0.05, 0) is 37.0 Å². The van der Waals surface area contributed by atoms with E-state index in [-0.39, 0.29) is 18.2 Å². The molecule has 29 heavy (non-hydrogen) atoms. The lowest BCUT2D eigenvalue weighted by atomic mass is 9.93. The van der Waals surface area contributed by atoms with Crippen molar-refractivity contribution in [3.8, 4) is 5.75 Å². The van der Waals surface area contributed by atoms with Gasteiger partial charge in [0.05, 0.1) is 23.5 Å². The maximum absolute atomic E-state index is 13.5. The van der Waals surface area contributed by atoms with Crippen LogP contribution in [0, 0.1) is 0 Å². The second-order valence-electron chi connectivity index (χ2n) is 7.74. The normalized spacial score (nSPS) is 22.6. The number of para-hydroxylation sites is 1. The standard InChI is InChI=1S/C22H24ClNO4S/c1-28-19-9-5-3-7-17(19)22(11-12-22)21(25)24-13-10-20(29(26,27)15-14-24)16-6-2-4-8-18(16)23/h2-9,20H,10-15H2,1H3. The average Bonchev–Trinajstić information content (AvgIpc) is 3.53. The summed E-state index contributed by atoms with van der Waals surface area (Å²) in [5.41, 5.74) is 0.914. The Balaban J connectivity index is 1.60. The molecule has 154 valence electrons. The number of hydrogen-bond donors (Lipinski definition) is 0.